The van der Waals surface area contributed by atoms with E-state index >= 15 is 0 Å². The van der Waals surface area contributed by atoms with Crippen molar-refractivity contribution in [2.45, 2.75) is 25.4 Å². The average Bonchev–Trinajstić information content (AvgIpc) is 3.06. The number of aromatic nitrogens is 4. The molecule has 0 amide bonds. The van der Waals surface area contributed by atoms with Gasteiger partial charge in [0.2, 0.25) is 0 Å². The number of nitrogens with zero attached hydrogens (tertiary/aromatic N) is 3. The van der Waals surface area contributed by atoms with Crippen LogP contribution in [0.2, 0.25) is 0 Å². The van der Waals surface area contributed by atoms with E-state index < -0.39 is 11.2 Å². The molecule has 1 saturated heterocycles. The first-order valence-corrected chi connectivity index (χ1v) is 7.05. The predicted molar refractivity (Wildman–Crippen MR) is 77.4 cm³/mol. The van der Waals surface area contributed by atoms with Crippen LogP contribution in [-0.4, -0.2) is 39.4 Å². The van der Waals surface area contributed by atoms with Crippen LogP contribution >= 0.6 is 0 Å². The molecule has 2 N–H and O–H groups in total. The standard InChI is InChI=1S/C13H19N5O3/c1-17-9-11(15-10(17)8-4-3-5-14-8)18(6-7-21-2)13(20)16-12(9)19/h8,14H,3-7H2,1-2H3,(H,16,19,20). The van der Waals surface area contributed by atoms with Crippen molar-refractivity contribution in [1.82, 2.24) is 24.4 Å². The molecule has 114 valence electrons. The molecule has 1 aliphatic rings. The fourth-order valence-corrected chi connectivity index (χ4v) is 2.87. The lowest BCUT2D eigenvalue weighted by molar-refractivity contribution is 0.187. The first kappa shape index (κ1) is 14.0. The summed E-state index contributed by atoms with van der Waals surface area (Å²) in [7, 11) is 3.38. The highest BCUT2D eigenvalue weighted by atomic mass is 16.5. The number of aromatic amines is 1. The molecule has 1 fully saturated rings. The Morgan fingerprint density at radius 2 is 2.24 bits per heavy atom. The molecule has 0 saturated carbocycles. The summed E-state index contributed by atoms with van der Waals surface area (Å²) in [6.45, 7) is 1.69. The van der Waals surface area contributed by atoms with E-state index in [9.17, 15) is 9.59 Å². The van der Waals surface area contributed by atoms with Crippen molar-refractivity contribution in [3.8, 4) is 0 Å². The molecule has 8 nitrogen and oxygen atoms in total. The third-order valence-electron chi connectivity index (χ3n) is 3.94. The van der Waals surface area contributed by atoms with Gasteiger partial charge in [-0.05, 0) is 19.4 Å². The summed E-state index contributed by atoms with van der Waals surface area (Å²) in [6, 6.07) is 0.132. The van der Waals surface area contributed by atoms with Crippen molar-refractivity contribution in [2.75, 3.05) is 20.3 Å². The minimum absolute atomic E-state index is 0.132. The number of ether oxygens (including phenoxy) is 1. The number of fused-ring (bicyclic) bond motifs is 1. The molecule has 2 aromatic heterocycles. The van der Waals surface area contributed by atoms with Crippen molar-refractivity contribution in [3.05, 3.63) is 26.7 Å². The van der Waals surface area contributed by atoms with Crippen LogP contribution in [0.3, 0.4) is 0 Å². The molecule has 2 aromatic rings. The molecular weight excluding hydrogens is 274 g/mol. The third kappa shape index (κ3) is 2.30. The fourth-order valence-electron chi connectivity index (χ4n) is 2.87. The zero-order chi connectivity index (χ0) is 15.0. The Morgan fingerprint density at radius 1 is 1.43 bits per heavy atom. The highest BCUT2D eigenvalue weighted by molar-refractivity contribution is 5.71. The zero-order valence-corrected chi connectivity index (χ0v) is 12.2. The monoisotopic (exact) mass is 293 g/mol. The van der Waals surface area contributed by atoms with Gasteiger partial charge in [0.05, 0.1) is 19.2 Å². The number of nitrogens with one attached hydrogen (secondary N) is 2. The van der Waals surface area contributed by atoms with E-state index in [4.69, 9.17) is 4.74 Å². The van der Waals surface area contributed by atoms with E-state index in [-0.39, 0.29) is 6.04 Å². The lowest BCUT2D eigenvalue weighted by Gasteiger charge is -2.09. The molecular formula is C13H19N5O3. The summed E-state index contributed by atoms with van der Waals surface area (Å²) in [6.07, 6.45) is 2.07. The molecule has 1 unspecified atom stereocenters. The second-order valence-electron chi connectivity index (χ2n) is 5.25. The predicted octanol–water partition coefficient (Wildman–Crippen LogP) is -0.506. The number of hydrogen-bond donors (Lipinski definition) is 2. The van der Waals surface area contributed by atoms with E-state index in [1.807, 2.05) is 7.05 Å². The minimum atomic E-state index is -0.450. The molecule has 0 aromatic carbocycles. The maximum absolute atomic E-state index is 12.1. The Morgan fingerprint density at radius 3 is 2.90 bits per heavy atom. The average molecular weight is 293 g/mol. The van der Waals surface area contributed by atoms with Gasteiger partial charge in [-0.2, -0.15) is 0 Å². The van der Waals surface area contributed by atoms with Gasteiger partial charge < -0.3 is 14.6 Å². The molecule has 1 atom stereocenters. The normalized spacial score (nSPS) is 18.7. The van der Waals surface area contributed by atoms with Gasteiger partial charge in [-0.3, -0.25) is 14.3 Å². The minimum Gasteiger partial charge on any atom is -0.383 e. The van der Waals surface area contributed by atoms with Gasteiger partial charge in [0.25, 0.3) is 5.56 Å². The van der Waals surface area contributed by atoms with Gasteiger partial charge in [0.1, 0.15) is 5.82 Å². The van der Waals surface area contributed by atoms with Gasteiger partial charge in [-0.25, -0.2) is 9.78 Å². The van der Waals surface area contributed by atoms with E-state index in [0.717, 1.165) is 25.2 Å². The number of aryl methyl sites for hydroxylation is 1. The van der Waals surface area contributed by atoms with Crippen LogP contribution in [0.15, 0.2) is 9.59 Å². The molecule has 0 radical (unpaired) electrons. The fraction of sp³-hybridized carbons (Fsp3) is 0.615. The van der Waals surface area contributed by atoms with Gasteiger partial charge in [0.15, 0.2) is 11.2 Å². The number of hydrogen-bond acceptors (Lipinski definition) is 5. The Kier molecular flexibility index (Phi) is 3.64. The van der Waals surface area contributed by atoms with E-state index in [0.29, 0.717) is 24.3 Å². The molecule has 21 heavy (non-hydrogen) atoms. The second-order valence-corrected chi connectivity index (χ2v) is 5.25. The number of rotatable bonds is 4. The molecule has 1 aliphatic heterocycles. The van der Waals surface area contributed by atoms with E-state index in [1.54, 1.807) is 11.7 Å². The summed E-state index contributed by atoms with van der Waals surface area (Å²) in [4.78, 5) is 31.0. The topological polar surface area (TPSA) is 93.9 Å². The molecule has 0 aliphatic carbocycles. The van der Waals surface area contributed by atoms with E-state index in [2.05, 4.69) is 15.3 Å². The van der Waals surface area contributed by atoms with Crippen LogP contribution in [0.1, 0.15) is 24.7 Å². The smallest absolute Gasteiger partial charge is 0.330 e. The summed E-state index contributed by atoms with van der Waals surface area (Å²) in [5.74, 6) is 0.796. The van der Waals surface area contributed by atoms with Crippen LogP contribution in [0, 0.1) is 0 Å². The summed E-state index contributed by atoms with van der Waals surface area (Å²) in [5.41, 5.74) is -0.00195. The second kappa shape index (κ2) is 5.45. The Labute approximate surface area is 120 Å². The molecule has 3 rings (SSSR count). The van der Waals surface area contributed by atoms with Crippen LogP contribution in [0.5, 0.6) is 0 Å². The highest BCUT2D eigenvalue weighted by Gasteiger charge is 2.24. The van der Waals surface area contributed by atoms with Gasteiger partial charge in [-0.1, -0.05) is 0 Å². The summed E-state index contributed by atoms with van der Waals surface area (Å²) >= 11 is 0. The Balaban J connectivity index is 2.21. The molecule has 0 bridgehead atoms. The quantitative estimate of drug-likeness (QED) is 0.792. The maximum Gasteiger partial charge on any atom is 0.330 e. The van der Waals surface area contributed by atoms with Crippen molar-refractivity contribution < 1.29 is 4.74 Å². The third-order valence-corrected chi connectivity index (χ3v) is 3.94. The highest BCUT2D eigenvalue weighted by Crippen LogP contribution is 2.23. The van der Waals surface area contributed by atoms with Gasteiger partial charge in [0, 0.05) is 14.2 Å². The summed E-state index contributed by atoms with van der Waals surface area (Å²) < 4.78 is 8.25. The van der Waals surface area contributed by atoms with E-state index in [1.165, 1.54) is 4.57 Å². The molecule has 0 spiro atoms. The SMILES string of the molecule is COCCn1c(=O)[nH]c(=O)c2c1nc(C1CCCN1)n2C. The maximum atomic E-state index is 12.1. The summed E-state index contributed by atoms with van der Waals surface area (Å²) in [5, 5.41) is 3.36. The zero-order valence-electron chi connectivity index (χ0n) is 12.2. The lowest BCUT2D eigenvalue weighted by atomic mass is 10.2. The number of imidazole rings is 1. The first-order valence-electron chi connectivity index (χ1n) is 7.05. The Bertz CT molecular complexity index is 766. The van der Waals surface area contributed by atoms with Crippen molar-refractivity contribution in [2.24, 2.45) is 7.05 Å². The van der Waals surface area contributed by atoms with Crippen molar-refractivity contribution >= 4 is 11.2 Å². The van der Waals surface area contributed by atoms with Crippen LogP contribution in [-0.2, 0) is 18.3 Å². The van der Waals surface area contributed by atoms with Crippen LogP contribution in [0.25, 0.3) is 11.2 Å². The first-order chi connectivity index (χ1) is 10.1. The van der Waals surface area contributed by atoms with Gasteiger partial charge >= 0.3 is 5.69 Å². The van der Waals surface area contributed by atoms with Crippen LogP contribution in [0.4, 0.5) is 0 Å². The van der Waals surface area contributed by atoms with Gasteiger partial charge in [-0.15, -0.1) is 0 Å². The number of methoxy groups -OCH3 is 1. The largest absolute Gasteiger partial charge is 0.383 e. The Hall–Kier alpha value is -1.93. The molecule has 3 heterocycles. The molecule has 8 heteroatoms. The van der Waals surface area contributed by atoms with Crippen LogP contribution < -0.4 is 16.6 Å². The lowest BCUT2D eigenvalue weighted by Crippen LogP contribution is -2.32. The van der Waals surface area contributed by atoms with Crippen molar-refractivity contribution in [3.63, 3.8) is 0 Å². The number of H-pyrrole nitrogens is 1. The van der Waals surface area contributed by atoms with Crippen molar-refractivity contribution in [1.29, 1.82) is 0 Å².